The van der Waals surface area contributed by atoms with Gasteiger partial charge in [0.25, 0.3) is 0 Å². The van der Waals surface area contributed by atoms with E-state index in [0.717, 1.165) is 36.8 Å². The van der Waals surface area contributed by atoms with Crippen LogP contribution in [0.3, 0.4) is 0 Å². The molecule has 1 aliphatic carbocycles. The zero-order valence-electron chi connectivity index (χ0n) is 18.5. The molecule has 0 aromatic heterocycles. The lowest BCUT2D eigenvalue weighted by Crippen LogP contribution is -2.54. The van der Waals surface area contributed by atoms with Crippen molar-refractivity contribution in [3.63, 3.8) is 0 Å². The SMILES string of the molecule is COc1ccc(OC)c(S(=O)(=O)N2Cc3ccccc3C[C@@H]2C(=O)NC2CCCCC2)c1. The number of sulfonamides is 1. The van der Waals surface area contributed by atoms with Crippen LogP contribution in [0.5, 0.6) is 11.5 Å². The minimum absolute atomic E-state index is 0.00537. The topological polar surface area (TPSA) is 84.9 Å². The van der Waals surface area contributed by atoms with Crippen LogP contribution in [0, 0.1) is 0 Å². The van der Waals surface area contributed by atoms with E-state index < -0.39 is 16.1 Å². The quantitative estimate of drug-likeness (QED) is 0.718. The lowest BCUT2D eigenvalue weighted by Gasteiger charge is -2.36. The summed E-state index contributed by atoms with van der Waals surface area (Å²) in [5.74, 6) is 0.387. The number of fused-ring (bicyclic) bond motifs is 1. The van der Waals surface area contributed by atoms with Crippen molar-refractivity contribution in [1.29, 1.82) is 0 Å². The fraction of sp³-hybridized carbons (Fsp3) is 0.458. The molecule has 4 rings (SSSR count). The number of nitrogens with zero attached hydrogens (tertiary/aromatic N) is 1. The molecular formula is C24H30N2O5S. The first-order chi connectivity index (χ1) is 15.4. The zero-order chi connectivity index (χ0) is 22.7. The molecule has 0 radical (unpaired) electrons. The molecule has 2 aromatic carbocycles. The second kappa shape index (κ2) is 9.50. The van der Waals surface area contributed by atoms with Crippen molar-refractivity contribution >= 4 is 15.9 Å². The first kappa shape index (κ1) is 22.6. The van der Waals surface area contributed by atoms with E-state index in [-0.39, 0.29) is 29.1 Å². The number of ether oxygens (including phenoxy) is 2. The Morgan fingerprint density at radius 3 is 2.41 bits per heavy atom. The van der Waals surface area contributed by atoms with Gasteiger partial charge in [0.15, 0.2) is 0 Å². The molecular weight excluding hydrogens is 428 g/mol. The number of methoxy groups -OCH3 is 2. The maximum Gasteiger partial charge on any atom is 0.247 e. The Balaban J connectivity index is 1.72. The molecule has 0 unspecified atom stereocenters. The van der Waals surface area contributed by atoms with E-state index in [2.05, 4.69) is 5.32 Å². The number of carbonyl (C=O) groups is 1. The highest BCUT2D eigenvalue weighted by Crippen LogP contribution is 2.35. The van der Waals surface area contributed by atoms with Crippen molar-refractivity contribution in [1.82, 2.24) is 9.62 Å². The van der Waals surface area contributed by atoms with Crippen LogP contribution in [0.25, 0.3) is 0 Å². The largest absolute Gasteiger partial charge is 0.497 e. The van der Waals surface area contributed by atoms with Crippen LogP contribution in [0.4, 0.5) is 0 Å². The summed E-state index contributed by atoms with van der Waals surface area (Å²) in [6.45, 7) is 0.127. The summed E-state index contributed by atoms with van der Waals surface area (Å²) in [7, 11) is -1.14. The third-order valence-corrected chi connectivity index (χ3v) is 8.29. The van der Waals surface area contributed by atoms with Gasteiger partial charge in [0.2, 0.25) is 15.9 Å². The Labute approximate surface area is 189 Å². The van der Waals surface area contributed by atoms with Crippen LogP contribution in [0.15, 0.2) is 47.4 Å². The maximum atomic E-state index is 13.9. The van der Waals surface area contributed by atoms with Crippen LogP contribution in [-0.2, 0) is 27.8 Å². The van der Waals surface area contributed by atoms with Gasteiger partial charge in [-0.05, 0) is 42.5 Å². The first-order valence-electron chi connectivity index (χ1n) is 11.0. The Kier molecular flexibility index (Phi) is 6.71. The van der Waals surface area contributed by atoms with Crippen molar-refractivity contribution in [3.8, 4) is 11.5 Å². The van der Waals surface area contributed by atoms with Crippen LogP contribution < -0.4 is 14.8 Å². The number of benzene rings is 2. The highest BCUT2D eigenvalue weighted by atomic mass is 32.2. The summed E-state index contributed by atoms with van der Waals surface area (Å²) in [6, 6.07) is 11.6. The van der Waals surface area contributed by atoms with Crippen molar-refractivity contribution in [2.24, 2.45) is 0 Å². The Morgan fingerprint density at radius 2 is 1.72 bits per heavy atom. The van der Waals surface area contributed by atoms with E-state index in [4.69, 9.17) is 9.47 Å². The summed E-state index contributed by atoms with van der Waals surface area (Å²) >= 11 is 0. The van der Waals surface area contributed by atoms with E-state index in [1.165, 1.54) is 31.0 Å². The van der Waals surface area contributed by atoms with Gasteiger partial charge in [-0.2, -0.15) is 4.31 Å². The number of hydrogen-bond acceptors (Lipinski definition) is 5. The lowest BCUT2D eigenvalue weighted by molar-refractivity contribution is -0.126. The summed E-state index contributed by atoms with van der Waals surface area (Å²) < 4.78 is 39.6. The van der Waals surface area contributed by atoms with E-state index in [1.54, 1.807) is 12.1 Å². The molecule has 8 heteroatoms. The van der Waals surface area contributed by atoms with Crippen molar-refractivity contribution in [3.05, 3.63) is 53.6 Å². The first-order valence-corrected chi connectivity index (χ1v) is 12.5. The van der Waals surface area contributed by atoms with E-state index in [1.807, 2.05) is 24.3 Å². The molecule has 1 aliphatic heterocycles. The second-order valence-electron chi connectivity index (χ2n) is 8.40. The molecule has 172 valence electrons. The molecule has 1 saturated carbocycles. The molecule has 0 bridgehead atoms. The maximum absolute atomic E-state index is 13.9. The Hall–Kier alpha value is -2.58. The average Bonchev–Trinajstić information content (AvgIpc) is 2.83. The minimum atomic E-state index is -4.05. The van der Waals surface area contributed by atoms with Gasteiger partial charge in [-0.3, -0.25) is 4.79 Å². The smallest absolute Gasteiger partial charge is 0.247 e. The molecule has 2 aliphatic rings. The lowest BCUT2D eigenvalue weighted by atomic mass is 9.93. The highest BCUT2D eigenvalue weighted by Gasteiger charge is 2.41. The van der Waals surface area contributed by atoms with E-state index in [9.17, 15) is 13.2 Å². The van der Waals surface area contributed by atoms with Gasteiger partial charge >= 0.3 is 0 Å². The Morgan fingerprint density at radius 1 is 1.00 bits per heavy atom. The number of carbonyl (C=O) groups excluding carboxylic acids is 1. The van der Waals surface area contributed by atoms with Crippen molar-refractivity contribution < 1.29 is 22.7 Å². The fourth-order valence-corrected chi connectivity index (χ4v) is 6.37. The predicted octanol–water partition coefficient (Wildman–Crippen LogP) is 3.27. The normalized spacial score (nSPS) is 19.8. The summed E-state index contributed by atoms with van der Waals surface area (Å²) in [6.07, 6.45) is 5.56. The van der Waals surface area contributed by atoms with Crippen LogP contribution >= 0.6 is 0 Å². The molecule has 1 fully saturated rings. The van der Waals surface area contributed by atoms with Crippen LogP contribution in [0.1, 0.15) is 43.2 Å². The Bertz CT molecular complexity index is 1080. The van der Waals surface area contributed by atoms with E-state index in [0.29, 0.717) is 12.2 Å². The van der Waals surface area contributed by atoms with Crippen LogP contribution in [0.2, 0.25) is 0 Å². The molecule has 7 nitrogen and oxygen atoms in total. The van der Waals surface area contributed by atoms with Gasteiger partial charge in [-0.25, -0.2) is 8.42 Å². The van der Waals surface area contributed by atoms with Gasteiger partial charge in [-0.1, -0.05) is 43.5 Å². The number of nitrogens with one attached hydrogen (secondary N) is 1. The third-order valence-electron chi connectivity index (χ3n) is 6.42. The monoisotopic (exact) mass is 458 g/mol. The number of amides is 1. The molecule has 1 atom stereocenters. The van der Waals surface area contributed by atoms with Gasteiger partial charge in [0.05, 0.1) is 14.2 Å². The summed E-state index contributed by atoms with van der Waals surface area (Å²) in [5.41, 5.74) is 1.90. The summed E-state index contributed by atoms with van der Waals surface area (Å²) in [5, 5.41) is 3.12. The van der Waals surface area contributed by atoms with Crippen LogP contribution in [-0.4, -0.2) is 44.9 Å². The molecule has 1 N–H and O–H groups in total. The molecule has 1 amide bonds. The van der Waals surface area contributed by atoms with Gasteiger partial charge in [0, 0.05) is 18.7 Å². The zero-order valence-corrected chi connectivity index (χ0v) is 19.4. The molecule has 0 saturated heterocycles. The molecule has 0 spiro atoms. The second-order valence-corrected chi connectivity index (χ2v) is 10.3. The van der Waals surface area contributed by atoms with E-state index >= 15 is 0 Å². The molecule has 1 heterocycles. The predicted molar refractivity (Wildman–Crippen MR) is 121 cm³/mol. The van der Waals surface area contributed by atoms with Gasteiger partial charge in [0.1, 0.15) is 22.4 Å². The van der Waals surface area contributed by atoms with Gasteiger partial charge in [-0.15, -0.1) is 0 Å². The molecule has 32 heavy (non-hydrogen) atoms. The highest BCUT2D eigenvalue weighted by molar-refractivity contribution is 7.89. The molecule has 2 aromatic rings. The van der Waals surface area contributed by atoms with Crippen molar-refractivity contribution in [2.75, 3.05) is 14.2 Å². The standard InChI is InChI=1S/C24H30N2O5S/c1-30-20-12-13-22(31-2)23(15-20)32(28,29)26-16-18-9-7-6-8-17(18)14-21(26)24(27)25-19-10-4-3-5-11-19/h6-9,12-13,15,19,21H,3-5,10-11,14,16H2,1-2H3,(H,25,27)/t21-/m1/s1. The summed E-state index contributed by atoms with van der Waals surface area (Å²) in [4.78, 5) is 13.4. The van der Waals surface area contributed by atoms with Gasteiger partial charge < -0.3 is 14.8 Å². The average molecular weight is 459 g/mol. The number of rotatable bonds is 6. The number of hydrogen-bond donors (Lipinski definition) is 1. The fourth-order valence-electron chi connectivity index (χ4n) is 4.63. The van der Waals surface area contributed by atoms with Crippen molar-refractivity contribution in [2.45, 2.75) is 62.0 Å². The third kappa shape index (κ3) is 4.47. The minimum Gasteiger partial charge on any atom is -0.497 e.